The van der Waals surface area contributed by atoms with Crippen LogP contribution in [0.1, 0.15) is 19.8 Å². The van der Waals surface area contributed by atoms with Gasteiger partial charge in [-0.05, 0) is 6.42 Å². The van der Waals surface area contributed by atoms with Gasteiger partial charge in [-0.25, -0.2) is 0 Å². The van der Waals surface area contributed by atoms with Crippen molar-refractivity contribution >= 4 is 5.97 Å². The Labute approximate surface area is 90.9 Å². The van der Waals surface area contributed by atoms with Gasteiger partial charge in [0.2, 0.25) is 0 Å². The van der Waals surface area contributed by atoms with Crippen molar-refractivity contribution in [2.24, 2.45) is 5.73 Å². The monoisotopic (exact) mass is 219 g/mol. The first-order chi connectivity index (χ1) is 7.31. The number of hydrogen-bond acceptors (Lipinski definition) is 5. The summed E-state index contributed by atoms with van der Waals surface area (Å²) in [6.07, 6.45) is 1.28. The smallest absolute Gasteiger partial charge is 0.305 e. The van der Waals surface area contributed by atoms with Crippen molar-refractivity contribution in [1.82, 2.24) is 0 Å². The highest BCUT2D eigenvalue weighted by molar-refractivity contribution is 5.69. The number of rotatable bonds is 10. The maximum atomic E-state index is 10.9. The number of ether oxygens (including phenoxy) is 3. The Morgan fingerprint density at radius 2 is 1.67 bits per heavy atom. The maximum absolute atomic E-state index is 10.9. The zero-order valence-corrected chi connectivity index (χ0v) is 9.37. The normalized spacial score (nSPS) is 10.3. The summed E-state index contributed by atoms with van der Waals surface area (Å²) in [5.74, 6) is -0.166. The third-order valence-electron chi connectivity index (χ3n) is 1.58. The number of carbonyl (C=O) groups excluding carboxylic acids is 1. The highest BCUT2D eigenvalue weighted by atomic mass is 16.6. The summed E-state index contributed by atoms with van der Waals surface area (Å²) < 4.78 is 15.1. The number of hydrogen-bond donors (Lipinski definition) is 1. The third kappa shape index (κ3) is 11.3. The SMILES string of the molecule is CCCC(=O)OCCOCCOCCN. The minimum Gasteiger partial charge on any atom is -0.463 e. The Morgan fingerprint density at radius 1 is 1.07 bits per heavy atom. The van der Waals surface area contributed by atoms with Gasteiger partial charge in [-0.15, -0.1) is 0 Å². The molecule has 0 heterocycles. The second-order valence-corrected chi connectivity index (χ2v) is 2.98. The summed E-state index contributed by atoms with van der Waals surface area (Å²) in [4.78, 5) is 10.9. The van der Waals surface area contributed by atoms with Gasteiger partial charge < -0.3 is 19.9 Å². The second kappa shape index (κ2) is 11.4. The lowest BCUT2D eigenvalue weighted by Crippen LogP contribution is -2.14. The molecule has 0 atom stereocenters. The van der Waals surface area contributed by atoms with E-state index in [9.17, 15) is 4.79 Å². The molecule has 0 radical (unpaired) electrons. The van der Waals surface area contributed by atoms with Crippen LogP contribution in [0.4, 0.5) is 0 Å². The van der Waals surface area contributed by atoms with Crippen LogP contribution in [-0.4, -0.2) is 45.5 Å². The minimum atomic E-state index is -0.166. The van der Waals surface area contributed by atoms with Gasteiger partial charge in [-0.1, -0.05) is 6.92 Å². The minimum absolute atomic E-state index is 0.166. The van der Waals surface area contributed by atoms with Crippen LogP contribution in [0.15, 0.2) is 0 Å². The van der Waals surface area contributed by atoms with E-state index in [2.05, 4.69) is 0 Å². The third-order valence-corrected chi connectivity index (χ3v) is 1.58. The molecule has 0 aliphatic heterocycles. The van der Waals surface area contributed by atoms with Crippen LogP contribution in [0.2, 0.25) is 0 Å². The molecular formula is C10H21NO4. The van der Waals surface area contributed by atoms with Crippen molar-refractivity contribution in [3.05, 3.63) is 0 Å². The van der Waals surface area contributed by atoms with Gasteiger partial charge in [0.25, 0.3) is 0 Å². The molecule has 0 bridgehead atoms. The van der Waals surface area contributed by atoms with E-state index >= 15 is 0 Å². The standard InChI is InChI=1S/C10H21NO4/c1-2-3-10(12)15-9-8-14-7-6-13-5-4-11/h2-9,11H2,1H3. The Bertz CT molecular complexity index is 152. The van der Waals surface area contributed by atoms with Crippen LogP contribution in [0.25, 0.3) is 0 Å². The van der Waals surface area contributed by atoms with Crippen LogP contribution in [0.5, 0.6) is 0 Å². The zero-order valence-electron chi connectivity index (χ0n) is 9.37. The fourth-order valence-corrected chi connectivity index (χ4v) is 0.896. The second-order valence-electron chi connectivity index (χ2n) is 2.98. The lowest BCUT2D eigenvalue weighted by Gasteiger charge is -2.05. The summed E-state index contributed by atoms with van der Waals surface area (Å²) in [5.41, 5.74) is 5.23. The Hall–Kier alpha value is -0.650. The lowest BCUT2D eigenvalue weighted by molar-refractivity contribution is -0.145. The molecule has 5 nitrogen and oxygen atoms in total. The molecule has 0 amide bonds. The predicted molar refractivity (Wildman–Crippen MR) is 56.6 cm³/mol. The quantitative estimate of drug-likeness (QED) is 0.423. The molecule has 0 aromatic heterocycles. The molecule has 2 N–H and O–H groups in total. The number of nitrogens with two attached hydrogens (primary N) is 1. The lowest BCUT2D eigenvalue weighted by atomic mass is 10.3. The first kappa shape index (κ1) is 14.3. The van der Waals surface area contributed by atoms with Crippen molar-refractivity contribution in [1.29, 1.82) is 0 Å². The Morgan fingerprint density at radius 3 is 2.27 bits per heavy atom. The first-order valence-corrected chi connectivity index (χ1v) is 5.32. The molecule has 90 valence electrons. The van der Waals surface area contributed by atoms with Gasteiger partial charge in [0.1, 0.15) is 6.61 Å². The van der Waals surface area contributed by atoms with Gasteiger partial charge in [0, 0.05) is 13.0 Å². The molecule has 5 heteroatoms. The number of carbonyl (C=O) groups is 1. The van der Waals surface area contributed by atoms with Crippen LogP contribution < -0.4 is 5.73 Å². The van der Waals surface area contributed by atoms with Crippen LogP contribution in [0, 0.1) is 0 Å². The van der Waals surface area contributed by atoms with Crippen molar-refractivity contribution in [2.75, 3.05) is 39.6 Å². The van der Waals surface area contributed by atoms with Crippen LogP contribution >= 0.6 is 0 Å². The molecule has 0 aliphatic carbocycles. The van der Waals surface area contributed by atoms with E-state index in [1.54, 1.807) is 0 Å². The highest BCUT2D eigenvalue weighted by Gasteiger charge is 1.99. The Balaban J connectivity index is 3.01. The van der Waals surface area contributed by atoms with Gasteiger partial charge >= 0.3 is 5.97 Å². The summed E-state index contributed by atoms with van der Waals surface area (Å²) in [6, 6.07) is 0. The summed E-state index contributed by atoms with van der Waals surface area (Å²) in [5, 5.41) is 0. The fraction of sp³-hybridized carbons (Fsp3) is 0.900. The molecule has 0 fully saturated rings. The Kier molecular flexibility index (Phi) is 10.9. The molecule has 0 spiro atoms. The molecule has 0 aliphatic rings. The average molecular weight is 219 g/mol. The molecule has 0 aromatic rings. The van der Waals surface area contributed by atoms with Crippen molar-refractivity contribution in [3.8, 4) is 0 Å². The molecule has 0 rings (SSSR count). The summed E-state index contributed by atoms with van der Waals surface area (Å²) in [7, 11) is 0. The average Bonchev–Trinajstić information content (AvgIpc) is 2.22. The van der Waals surface area contributed by atoms with Gasteiger partial charge in [0.05, 0.1) is 26.4 Å². The van der Waals surface area contributed by atoms with E-state index in [4.69, 9.17) is 19.9 Å². The fourth-order valence-electron chi connectivity index (χ4n) is 0.896. The molecule has 0 saturated carbocycles. The summed E-state index contributed by atoms with van der Waals surface area (Å²) in [6.45, 7) is 4.78. The molecule has 0 aromatic carbocycles. The molecule has 15 heavy (non-hydrogen) atoms. The largest absolute Gasteiger partial charge is 0.463 e. The van der Waals surface area contributed by atoms with E-state index < -0.39 is 0 Å². The molecule has 0 unspecified atom stereocenters. The van der Waals surface area contributed by atoms with Crippen LogP contribution in [0.3, 0.4) is 0 Å². The van der Waals surface area contributed by atoms with Crippen molar-refractivity contribution in [2.45, 2.75) is 19.8 Å². The topological polar surface area (TPSA) is 70.8 Å². The molecule has 0 saturated heterocycles. The van der Waals surface area contributed by atoms with E-state index in [0.717, 1.165) is 6.42 Å². The maximum Gasteiger partial charge on any atom is 0.305 e. The van der Waals surface area contributed by atoms with Gasteiger partial charge in [0.15, 0.2) is 0 Å². The van der Waals surface area contributed by atoms with E-state index in [-0.39, 0.29) is 5.97 Å². The van der Waals surface area contributed by atoms with E-state index in [0.29, 0.717) is 46.0 Å². The van der Waals surface area contributed by atoms with E-state index in [1.165, 1.54) is 0 Å². The summed E-state index contributed by atoms with van der Waals surface area (Å²) >= 11 is 0. The van der Waals surface area contributed by atoms with E-state index in [1.807, 2.05) is 6.92 Å². The number of esters is 1. The zero-order chi connectivity index (χ0) is 11.4. The predicted octanol–water partition coefficient (Wildman–Crippen LogP) is 0.322. The van der Waals surface area contributed by atoms with Crippen molar-refractivity contribution < 1.29 is 19.0 Å². The first-order valence-electron chi connectivity index (χ1n) is 5.32. The van der Waals surface area contributed by atoms with Crippen LogP contribution in [-0.2, 0) is 19.0 Å². The highest BCUT2D eigenvalue weighted by Crippen LogP contribution is 1.90. The molecular weight excluding hydrogens is 198 g/mol. The van der Waals surface area contributed by atoms with Crippen molar-refractivity contribution in [3.63, 3.8) is 0 Å². The van der Waals surface area contributed by atoms with Gasteiger partial charge in [-0.3, -0.25) is 4.79 Å². The van der Waals surface area contributed by atoms with Gasteiger partial charge in [-0.2, -0.15) is 0 Å².